The van der Waals surface area contributed by atoms with Crippen molar-refractivity contribution in [3.63, 3.8) is 0 Å². The Bertz CT molecular complexity index is 316. The molecule has 1 saturated heterocycles. The molecule has 0 atom stereocenters. The lowest BCUT2D eigenvalue weighted by Gasteiger charge is -2.30. The molecule has 2 rings (SSSR count). The maximum Gasteiger partial charge on any atom is 0.122 e. The van der Waals surface area contributed by atoms with Gasteiger partial charge in [0, 0.05) is 25.5 Å². The van der Waals surface area contributed by atoms with E-state index in [1.165, 1.54) is 0 Å². The summed E-state index contributed by atoms with van der Waals surface area (Å²) in [7, 11) is 0. The maximum atomic E-state index is 9.08. The van der Waals surface area contributed by atoms with Crippen molar-refractivity contribution >= 4 is 0 Å². The van der Waals surface area contributed by atoms with Gasteiger partial charge in [0.25, 0.3) is 0 Å². The van der Waals surface area contributed by atoms with Gasteiger partial charge in [-0.05, 0) is 38.8 Å². The van der Waals surface area contributed by atoms with Crippen LogP contribution in [0.3, 0.4) is 0 Å². The number of aliphatic hydroxyl groups excluding tert-OH is 1. The molecule has 0 spiro atoms. The van der Waals surface area contributed by atoms with Crippen molar-refractivity contribution in [3.8, 4) is 0 Å². The zero-order valence-electron chi connectivity index (χ0n) is 9.97. The lowest BCUT2D eigenvalue weighted by Crippen LogP contribution is -2.35. The Labute approximate surface area is 96.9 Å². The Kier molecular flexibility index (Phi) is 3.96. The van der Waals surface area contributed by atoms with Crippen LogP contribution in [-0.4, -0.2) is 39.3 Å². The summed E-state index contributed by atoms with van der Waals surface area (Å²) in [6.07, 6.45) is 6.14. The fraction of sp³-hybridized carbons (Fsp3) is 0.750. The maximum absolute atomic E-state index is 9.08. The van der Waals surface area contributed by atoms with E-state index in [1.807, 2.05) is 12.4 Å². The van der Waals surface area contributed by atoms with E-state index >= 15 is 0 Å². The van der Waals surface area contributed by atoms with Gasteiger partial charge in [0.05, 0.1) is 6.54 Å². The van der Waals surface area contributed by atoms with Crippen LogP contribution >= 0.6 is 0 Å². The van der Waals surface area contributed by atoms with Gasteiger partial charge < -0.3 is 9.67 Å². The quantitative estimate of drug-likeness (QED) is 0.831. The first-order chi connectivity index (χ1) is 7.83. The second kappa shape index (κ2) is 5.46. The summed E-state index contributed by atoms with van der Waals surface area (Å²) in [5.74, 6) is 1.67. The number of aliphatic hydroxyl groups is 1. The van der Waals surface area contributed by atoms with E-state index in [1.54, 1.807) is 0 Å². The Morgan fingerprint density at radius 2 is 2.19 bits per heavy atom. The molecular weight excluding hydrogens is 202 g/mol. The number of aromatic nitrogens is 2. The highest BCUT2D eigenvalue weighted by molar-refractivity contribution is 4.92. The van der Waals surface area contributed by atoms with Crippen LogP contribution in [0.1, 0.15) is 25.6 Å². The molecular formula is C12H21N3O. The van der Waals surface area contributed by atoms with Crippen molar-refractivity contribution < 1.29 is 5.11 Å². The summed E-state index contributed by atoms with van der Waals surface area (Å²) in [6.45, 7) is 6.59. The largest absolute Gasteiger partial charge is 0.396 e. The SMILES string of the molecule is CCn1ccnc1CN1CCC(CO)CC1. The van der Waals surface area contributed by atoms with Crippen molar-refractivity contribution in [2.75, 3.05) is 19.7 Å². The van der Waals surface area contributed by atoms with Crippen LogP contribution < -0.4 is 0 Å². The van der Waals surface area contributed by atoms with Gasteiger partial charge in [-0.15, -0.1) is 0 Å². The van der Waals surface area contributed by atoms with Gasteiger partial charge in [0.2, 0.25) is 0 Å². The Hall–Kier alpha value is -0.870. The summed E-state index contributed by atoms with van der Waals surface area (Å²) in [5, 5.41) is 9.08. The van der Waals surface area contributed by atoms with Gasteiger partial charge >= 0.3 is 0 Å². The number of hydrogen-bond donors (Lipinski definition) is 1. The zero-order chi connectivity index (χ0) is 11.4. The van der Waals surface area contributed by atoms with Gasteiger partial charge in [-0.2, -0.15) is 0 Å². The molecule has 0 saturated carbocycles. The van der Waals surface area contributed by atoms with E-state index < -0.39 is 0 Å². The Balaban J connectivity index is 1.87. The minimum atomic E-state index is 0.345. The van der Waals surface area contributed by atoms with Crippen LogP contribution in [0.5, 0.6) is 0 Å². The predicted octanol–water partition coefficient (Wildman–Crippen LogP) is 1.11. The number of nitrogens with zero attached hydrogens (tertiary/aromatic N) is 3. The number of likely N-dealkylation sites (tertiary alicyclic amines) is 1. The molecule has 0 aromatic carbocycles. The third-order valence-corrected chi connectivity index (χ3v) is 3.47. The van der Waals surface area contributed by atoms with E-state index in [9.17, 15) is 0 Å². The molecule has 1 N–H and O–H groups in total. The summed E-state index contributed by atoms with van der Waals surface area (Å²) >= 11 is 0. The predicted molar refractivity (Wildman–Crippen MR) is 63.0 cm³/mol. The average Bonchev–Trinajstić information content (AvgIpc) is 2.77. The highest BCUT2D eigenvalue weighted by Crippen LogP contribution is 2.17. The van der Waals surface area contributed by atoms with Crippen molar-refractivity contribution in [2.24, 2.45) is 5.92 Å². The summed E-state index contributed by atoms with van der Waals surface area (Å²) in [4.78, 5) is 6.82. The summed E-state index contributed by atoms with van der Waals surface area (Å²) < 4.78 is 2.19. The molecule has 0 unspecified atom stereocenters. The normalized spacial score (nSPS) is 19.1. The molecule has 2 heterocycles. The monoisotopic (exact) mass is 223 g/mol. The molecule has 1 aliphatic rings. The molecule has 1 fully saturated rings. The Morgan fingerprint density at radius 1 is 1.44 bits per heavy atom. The molecule has 0 aliphatic carbocycles. The second-order valence-corrected chi connectivity index (χ2v) is 4.53. The molecule has 0 radical (unpaired) electrons. The first-order valence-corrected chi connectivity index (χ1v) is 6.16. The Morgan fingerprint density at radius 3 is 2.81 bits per heavy atom. The van der Waals surface area contributed by atoms with Crippen LogP contribution in [0.4, 0.5) is 0 Å². The molecule has 4 nitrogen and oxygen atoms in total. The molecule has 1 aromatic heterocycles. The lowest BCUT2D eigenvalue weighted by molar-refractivity contribution is 0.125. The van der Waals surface area contributed by atoms with Gasteiger partial charge in [0.15, 0.2) is 0 Å². The van der Waals surface area contributed by atoms with E-state index in [2.05, 4.69) is 21.4 Å². The number of hydrogen-bond acceptors (Lipinski definition) is 3. The molecule has 90 valence electrons. The van der Waals surface area contributed by atoms with E-state index in [0.717, 1.165) is 44.8 Å². The highest BCUT2D eigenvalue weighted by Gasteiger charge is 2.19. The van der Waals surface area contributed by atoms with Crippen LogP contribution in [0.15, 0.2) is 12.4 Å². The third kappa shape index (κ3) is 2.62. The number of imidazole rings is 1. The van der Waals surface area contributed by atoms with Crippen LogP contribution in [0.25, 0.3) is 0 Å². The van der Waals surface area contributed by atoms with Crippen molar-refractivity contribution in [3.05, 3.63) is 18.2 Å². The minimum absolute atomic E-state index is 0.345. The summed E-state index contributed by atoms with van der Waals surface area (Å²) in [5.41, 5.74) is 0. The first kappa shape index (κ1) is 11.6. The lowest BCUT2D eigenvalue weighted by atomic mass is 9.98. The van der Waals surface area contributed by atoms with E-state index in [-0.39, 0.29) is 0 Å². The standard InChI is InChI=1S/C12H21N3O/c1-2-15-8-5-13-12(15)9-14-6-3-11(10-16)4-7-14/h5,8,11,16H,2-4,6-7,9-10H2,1H3. The number of rotatable bonds is 4. The average molecular weight is 223 g/mol. The van der Waals surface area contributed by atoms with Crippen molar-refractivity contribution in [1.82, 2.24) is 14.5 Å². The molecule has 0 amide bonds. The van der Waals surface area contributed by atoms with Crippen LogP contribution in [-0.2, 0) is 13.1 Å². The third-order valence-electron chi connectivity index (χ3n) is 3.47. The second-order valence-electron chi connectivity index (χ2n) is 4.53. The van der Waals surface area contributed by atoms with Gasteiger partial charge in [-0.25, -0.2) is 4.98 Å². The first-order valence-electron chi connectivity index (χ1n) is 6.16. The van der Waals surface area contributed by atoms with Crippen molar-refractivity contribution in [2.45, 2.75) is 32.9 Å². The van der Waals surface area contributed by atoms with Gasteiger partial charge in [-0.1, -0.05) is 0 Å². The van der Waals surface area contributed by atoms with Crippen molar-refractivity contribution in [1.29, 1.82) is 0 Å². The fourth-order valence-corrected chi connectivity index (χ4v) is 2.31. The van der Waals surface area contributed by atoms with Crippen LogP contribution in [0, 0.1) is 5.92 Å². The molecule has 1 aliphatic heterocycles. The highest BCUT2D eigenvalue weighted by atomic mass is 16.3. The zero-order valence-corrected chi connectivity index (χ0v) is 9.97. The molecule has 4 heteroatoms. The summed E-state index contributed by atoms with van der Waals surface area (Å²) in [6, 6.07) is 0. The van der Waals surface area contributed by atoms with Gasteiger partial charge in [-0.3, -0.25) is 4.90 Å². The van der Waals surface area contributed by atoms with Gasteiger partial charge in [0.1, 0.15) is 5.82 Å². The topological polar surface area (TPSA) is 41.3 Å². The van der Waals surface area contributed by atoms with E-state index in [0.29, 0.717) is 12.5 Å². The number of aryl methyl sites for hydroxylation is 1. The minimum Gasteiger partial charge on any atom is -0.396 e. The molecule has 1 aromatic rings. The van der Waals surface area contributed by atoms with Crippen LogP contribution in [0.2, 0.25) is 0 Å². The number of piperidine rings is 1. The molecule has 16 heavy (non-hydrogen) atoms. The molecule has 0 bridgehead atoms. The smallest absolute Gasteiger partial charge is 0.122 e. The fourth-order valence-electron chi connectivity index (χ4n) is 2.31. The van der Waals surface area contributed by atoms with E-state index in [4.69, 9.17) is 5.11 Å².